The average Bonchev–Trinajstić information content (AvgIpc) is 2.39. The molecule has 1 aromatic heterocycles. The first-order valence-electron chi connectivity index (χ1n) is 5.70. The van der Waals surface area contributed by atoms with Crippen LogP contribution in [0.2, 0.25) is 0 Å². The van der Waals surface area contributed by atoms with Gasteiger partial charge in [0.15, 0.2) is 0 Å². The van der Waals surface area contributed by atoms with Crippen molar-refractivity contribution in [1.82, 2.24) is 9.97 Å². The lowest BCUT2D eigenvalue weighted by atomic mass is 10.2. The maximum Gasteiger partial charge on any atom is 0.225 e. The van der Waals surface area contributed by atoms with Crippen LogP contribution in [-0.2, 0) is 11.3 Å². The molecule has 0 spiro atoms. The molecule has 1 atom stereocenters. The topological polar surface area (TPSA) is 64.3 Å². The van der Waals surface area contributed by atoms with E-state index in [0.717, 1.165) is 37.7 Å². The van der Waals surface area contributed by atoms with E-state index < -0.39 is 0 Å². The van der Waals surface area contributed by atoms with Crippen molar-refractivity contribution < 1.29 is 4.74 Å². The van der Waals surface area contributed by atoms with E-state index in [-0.39, 0.29) is 0 Å². The molecule has 1 fully saturated rings. The smallest absolute Gasteiger partial charge is 0.225 e. The van der Waals surface area contributed by atoms with Gasteiger partial charge < -0.3 is 15.4 Å². The van der Waals surface area contributed by atoms with Crippen LogP contribution in [0.5, 0.6) is 0 Å². The zero-order chi connectivity index (χ0) is 11.4. The largest absolute Gasteiger partial charge is 0.377 e. The Morgan fingerprint density at radius 3 is 2.88 bits per heavy atom. The van der Waals surface area contributed by atoms with Crippen molar-refractivity contribution in [2.24, 2.45) is 5.73 Å². The van der Waals surface area contributed by atoms with E-state index >= 15 is 0 Å². The van der Waals surface area contributed by atoms with Gasteiger partial charge in [0, 0.05) is 31.0 Å². The first-order chi connectivity index (χ1) is 7.85. The number of aromatic nitrogens is 2. The first kappa shape index (κ1) is 11.3. The van der Waals surface area contributed by atoms with Gasteiger partial charge in [-0.3, -0.25) is 0 Å². The van der Waals surface area contributed by atoms with Gasteiger partial charge in [0.05, 0.1) is 19.3 Å². The van der Waals surface area contributed by atoms with Crippen molar-refractivity contribution in [3.8, 4) is 0 Å². The molecule has 1 aliphatic rings. The number of rotatable bonds is 3. The van der Waals surface area contributed by atoms with Crippen LogP contribution < -0.4 is 10.6 Å². The molecule has 5 nitrogen and oxygen atoms in total. The van der Waals surface area contributed by atoms with Crippen molar-refractivity contribution in [2.45, 2.75) is 25.9 Å². The number of ether oxygens (including phenoxy) is 1. The lowest BCUT2D eigenvalue weighted by Gasteiger charge is -2.34. The summed E-state index contributed by atoms with van der Waals surface area (Å²) >= 11 is 0. The fourth-order valence-electron chi connectivity index (χ4n) is 1.86. The minimum atomic E-state index is 0.387. The normalized spacial score (nSPS) is 21.1. The maximum atomic E-state index is 5.52. The molecule has 1 aromatic rings. The Labute approximate surface area is 95.6 Å². The molecular formula is C11H18N4O. The molecule has 2 rings (SSSR count). The molecule has 1 saturated heterocycles. The van der Waals surface area contributed by atoms with Crippen LogP contribution in [0.25, 0.3) is 0 Å². The molecule has 0 aliphatic carbocycles. The van der Waals surface area contributed by atoms with E-state index in [1.807, 2.05) is 0 Å². The zero-order valence-corrected chi connectivity index (χ0v) is 9.59. The Morgan fingerprint density at radius 1 is 1.50 bits per heavy atom. The number of anilines is 1. The van der Waals surface area contributed by atoms with E-state index in [1.54, 1.807) is 12.4 Å². The van der Waals surface area contributed by atoms with Gasteiger partial charge in [0.25, 0.3) is 0 Å². The Bertz CT molecular complexity index is 327. The fourth-order valence-corrected chi connectivity index (χ4v) is 1.86. The summed E-state index contributed by atoms with van der Waals surface area (Å²) in [7, 11) is 0. The van der Waals surface area contributed by atoms with Crippen molar-refractivity contribution in [3.05, 3.63) is 18.0 Å². The molecule has 16 heavy (non-hydrogen) atoms. The van der Waals surface area contributed by atoms with Gasteiger partial charge in [-0.1, -0.05) is 6.92 Å². The summed E-state index contributed by atoms with van der Waals surface area (Å²) in [6, 6.07) is 0.387. The lowest BCUT2D eigenvalue weighted by Crippen LogP contribution is -2.46. The van der Waals surface area contributed by atoms with Crippen molar-refractivity contribution >= 4 is 5.95 Å². The second kappa shape index (κ2) is 5.23. The van der Waals surface area contributed by atoms with Gasteiger partial charge in [0.1, 0.15) is 0 Å². The Balaban J connectivity index is 2.14. The quantitative estimate of drug-likeness (QED) is 0.809. The van der Waals surface area contributed by atoms with Crippen molar-refractivity contribution in [2.75, 3.05) is 24.7 Å². The first-order valence-corrected chi connectivity index (χ1v) is 5.70. The standard InChI is InChI=1S/C11H18N4O/c1-2-10-8-16-4-3-15(10)11-13-6-9(5-12)7-14-11/h6-7,10H,2-5,8,12H2,1H3. The van der Waals surface area contributed by atoms with Crippen LogP contribution in [0.3, 0.4) is 0 Å². The summed E-state index contributed by atoms with van der Waals surface area (Å²) in [5, 5.41) is 0. The number of nitrogens with zero attached hydrogens (tertiary/aromatic N) is 3. The molecule has 0 radical (unpaired) electrons. The van der Waals surface area contributed by atoms with Crippen molar-refractivity contribution in [1.29, 1.82) is 0 Å². The summed E-state index contributed by atoms with van der Waals surface area (Å²) in [5.41, 5.74) is 6.48. The third-order valence-corrected chi connectivity index (χ3v) is 2.88. The molecular weight excluding hydrogens is 204 g/mol. The lowest BCUT2D eigenvalue weighted by molar-refractivity contribution is 0.0921. The predicted octanol–water partition coefficient (Wildman–Crippen LogP) is 0.550. The van der Waals surface area contributed by atoms with Crippen LogP contribution in [-0.4, -0.2) is 35.8 Å². The minimum absolute atomic E-state index is 0.387. The van der Waals surface area contributed by atoms with Crippen molar-refractivity contribution in [3.63, 3.8) is 0 Å². The highest BCUT2D eigenvalue weighted by molar-refractivity contribution is 5.32. The fraction of sp³-hybridized carbons (Fsp3) is 0.636. The number of hydrogen-bond acceptors (Lipinski definition) is 5. The molecule has 2 heterocycles. The van der Waals surface area contributed by atoms with Gasteiger partial charge in [0.2, 0.25) is 5.95 Å². The molecule has 88 valence electrons. The van der Waals surface area contributed by atoms with E-state index in [2.05, 4.69) is 21.8 Å². The second-order valence-corrected chi connectivity index (χ2v) is 3.93. The van der Waals surface area contributed by atoms with Gasteiger partial charge >= 0.3 is 0 Å². The maximum absolute atomic E-state index is 5.52. The third-order valence-electron chi connectivity index (χ3n) is 2.88. The number of morpholine rings is 1. The molecule has 0 amide bonds. The van der Waals surface area contributed by atoms with Crippen LogP contribution in [0.4, 0.5) is 5.95 Å². The molecule has 2 N–H and O–H groups in total. The number of hydrogen-bond donors (Lipinski definition) is 1. The Hall–Kier alpha value is -1.20. The van der Waals surface area contributed by atoms with Crippen LogP contribution in [0, 0.1) is 0 Å². The summed E-state index contributed by atoms with van der Waals surface area (Å²) in [6.45, 7) is 5.01. The summed E-state index contributed by atoms with van der Waals surface area (Å²) in [5.74, 6) is 0.785. The van der Waals surface area contributed by atoms with Gasteiger partial charge in [-0.15, -0.1) is 0 Å². The van der Waals surface area contributed by atoms with Crippen LogP contribution in [0.1, 0.15) is 18.9 Å². The monoisotopic (exact) mass is 222 g/mol. The average molecular weight is 222 g/mol. The third kappa shape index (κ3) is 2.31. The highest BCUT2D eigenvalue weighted by Gasteiger charge is 2.23. The molecule has 0 aromatic carbocycles. The van der Waals surface area contributed by atoms with E-state index in [4.69, 9.17) is 10.5 Å². The van der Waals surface area contributed by atoms with E-state index in [1.165, 1.54) is 0 Å². The SMILES string of the molecule is CCC1COCCN1c1ncc(CN)cn1. The molecule has 0 bridgehead atoms. The summed E-state index contributed by atoms with van der Waals surface area (Å²) in [6.07, 6.45) is 4.64. The Kier molecular flexibility index (Phi) is 3.69. The highest BCUT2D eigenvalue weighted by atomic mass is 16.5. The van der Waals surface area contributed by atoms with Gasteiger partial charge in [-0.25, -0.2) is 9.97 Å². The second-order valence-electron chi connectivity index (χ2n) is 3.93. The molecule has 5 heteroatoms. The highest BCUT2D eigenvalue weighted by Crippen LogP contribution is 2.16. The predicted molar refractivity (Wildman–Crippen MR) is 62.2 cm³/mol. The van der Waals surface area contributed by atoms with Gasteiger partial charge in [-0.05, 0) is 6.42 Å². The minimum Gasteiger partial charge on any atom is -0.377 e. The molecule has 1 unspecified atom stereocenters. The Morgan fingerprint density at radius 2 is 2.25 bits per heavy atom. The number of nitrogens with two attached hydrogens (primary N) is 1. The van der Waals surface area contributed by atoms with Crippen LogP contribution in [0.15, 0.2) is 12.4 Å². The molecule has 0 saturated carbocycles. The zero-order valence-electron chi connectivity index (χ0n) is 9.59. The van der Waals surface area contributed by atoms with Gasteiger partial charge in [-0.2, -0.15) is 0 Å². The van der Waals surface area contributed by atoms with E-state index in [0.29, 0.717) is 12.6 Å². The van der Waals surface area contributed by atoms with Crippen LogP contribution >= 0.6 is 0 Å². The van der Waals surface area contributed by atoms with E-state index in [9.17, 15) is 0 Å². The summed E-state index contributed by atoms with van der Waals surface area (Å²) < 4.78 is 5.45. The molecule has 1 aliphatic heterocycles. The summed E-state index contributed by atoms with van der Waals surface area (Å²) in [4.78, 5) is 10.9.